The lowest BCUT2D eigenvalue weighted by molar-refractivity contribution is 0.472. The first kappa shape index (κ1) is 54.4. The van der Waals surface area contributed by atoms with Gasteiger partial charge in [0, 0.05) is 43.1 Å². The van der Waals surface area contributed by atoms with Crippen molar-refractivity contribution in [2.75, 3.05) is 0 Å². The Morgan fingerprint density at radius 1 is 0.287 bits per heavy atom. The minimum atomic E-state index is -5.15. The van der Waals surface area contributed by atoms with Crippen molar-refractivity contribution in [2.24, 2.45) is 40.9 Å². The minimum absolute atomic E-state index is 0.0292. The van der Waals surface area contributed by atoms with Gasteiger partial charge in [-0.15, -0.1) is 30.7 Å². The Morgan fingerprint density at radius 3 is 1.36 bits per heavy atom. The van der Waals surface area contributed by atoms with Crippen molar-refractivity contribution in [3.8, 4) is 11.5 Å². The molecule has 0 radical (unpaired) electrons. The summed E-state index contributed by atoms with van der Waals surface area (Å²) >= 11 is 0. The molecule has 0 fully saturated rings. The molecule has 0 spiro atoms. The third-order valence-electron chi connectivity index (χ3n) is 12.2. The molecule has 30 heteroatoms. The molecule has 10 aromatic rings. The standard InChI is InChI=1S/C50H32N8O17S5/c59-44-19-9-26-20-30(76(61,62)63)11-13-32(26)48(44)57-51-28-10-8-27-21-47(80(73,74)75)49(50(60)37(27)22-28)58-56-43-18-17-42(35-14-12-31(25-38(35)43)77(64,65)66)55-54-41-16-15-40(33-4-1-2-5-34(33)41)53-52-29-23-39-36(46(24-29)79(70,71)72)6-3-7-45(39)78(67,68)69/h1-25,59-60H,(H,61,62,63)(H,64,65,66)(H,67,68,69)(H,70,71,72)(H,73,74,75). The van der Waals surface area contributed by atoms with E-state index < -0.39 is 86.5 Å². The maximum Gasteiger partial charge on any atom is 0.296 e. The van der Waals surface area contributed by atoms with Gasteiger partial charge in [0.25, 0.3) is 50.6 Å². The maximum atomic E-state index is 12.8. The van der Waals surface area contributed by atoms with Gasteiger partial charge in [-0.3, -0.25) is 22.8 Å². The van der Waals surface area contributed by atoms with Crippen LogP contribution in [0.1, 0.15) is 0 Å². The molecule has 0 amide bonds. The Kier molecular flexibility index (Phi) is 13.6. The first-order valence-corrected chi connectivity index (χ1v) is 29.6. The topological polar surface area (TPSA) is 411 Å². The van der Waals surface area contributed by atoms with Crippen LogP contribution in [0.3, 0.4) is 0 Å². The van der Waals surface area contributed by atoms with Crippen LogP contribution in [-0.4, -0.2) is 75.1 Å². The third kappa shape index (κ3) is 10.8. The second-order valence-corrected chi connectivity index (χ2v) is 24.2. The van der Waals surface area contributed by atoms with E-state index in [0.717, 1.165) is 48.5 Å². The number of phenolic OH excluding ortho intramolecular Hbond substituents is 2. The lowest BCUT2D eigenvalue weighted by Gasteiger charge is -2.10. The summed E-state index contributed by atoms with van der Waals surface area (Å²) in [6, 6.07) is 32.3. The summed E-state index contributed by atoms with van der Waals surface area (Å²) in [6.45, 7) is 0. The fourth-order valence-electron chi connectivity index (χ4n) is 8.54. The molecule has 0 saturated heterocycles. The minimum Gasteiger partial charge on any atom is -0.506 e. The van der Waals surface area contributed by atoms with Crippen LogP contribution in [-0.2, 0) is 50.6 Å². The number of nitrogens with zero attached hydrogens (tertiary/aromatic N) is 8. The van der Waals surface area contributed by atoms with Crippen LogP contribution in [0, 0.1) is 0 Å². The van der Waals surface area contributed by atoms with E-state index in [-0.39, 0.29) is 88.7 Å². The second-order valence-electron chi connectivity index (χ2n) is 17.2. The fraction of sp³-hybridized carbons (Fsp3) is 0. The second kappa shape index (κ2) is 20.1. The van der Waals surface area contributed by atoms with E-state index in [1.165, 1.54) is 78.9 Å². The van der Waals surface area contributed by atoms with Crippen molar-refractivity contribution in [3.63, 3.8) is 0 Å². The monoisotopic (exact) mass is 1180 g/mol. The molecule has 10 aromatic carbocycles. The summed E-state index contributed by atoms with van der Waals surface area (Å²) in [5.41, 5.74) is -0.683. The zero-order valence-electron chi connectivity index (χ0n) is 39.8. The molecule has 0 aliphatic carbocycles. The molecule has 0 aliphatic rings. The van der Waals surface area contributed by atoms with Crippen LogP contribution < -0.4 is 0 Å². The Labute approximate surface area is 451 Å². The summed E-state index contributed by atoms with van der Waals surface area (Å²) in [4.78, 5) is -3.25. The zero-order valence-corrected chi connectivity index (χ0v) is 43.8. The zero-order chi connectivity index (χ0) is 57.3. The van der Waals surface area contributed by atoms with E-state index in [2.05, 4.69) is 40.9 Å². The molecular formula is C50H32N8O17S5. The number of aromatic hydroxyl groups is 2. The molecule has 0 bridgehead atoms. The van der Waals surface area contributed by atoms with Gasteiger partial charge in [0.1, 0.15) is 31.8 Å². The summed E-state index contributed by atoms with van der Waals surface area (Å²) < 4.78 is 173. The van der Waals surface area contributed by atoms with Gasteiger partial charge in [0.15, 0.2) is 5.75 Å². The van der Waals surface area contributed by atoms with Crippen molar-refractivity contribution >= 4 is 150 Å². The summed E-state index contributed by atoms with van der Waals surface area (Å²) in [6.07, 6.45) is 0. The first-order chi connectivity index (χ1) is 37.6. The summed E-state index contributed by atoms with van der Waals surface area (Å²) in [7, 11) is -24.4. The van der Waals surface area contributed by atoms with Gasteiger partial charge in [-0.05, 0) is 102 Å². The maximum absolute atomic E-state index is 12.8. The highest BCUT2D eigenvalue weighted by Crippen LogP contribution is 2.45. The van der Waals surface area contributed by atoms with Crippen LogP contribution >= 0.6 is 0 Å². The fourth-order valence-corrected chi connectivity index (χ4v) is 11.6. The highest BCUT2D eigenvalue weighted by molar-refractivity contribution is 7.87. The van der Waals surface area contributed by atoms with Crippen molar-refractivity contribution < 1.29 is 75.1 Å². The Balaban J connectivity index is 1.01. The number of phenols is 2. The number of azo groups is 4. The third-order valence-corrected chi connectivity index (χ3v) is 16.6. The molecule has 0 saturated carbocycles. The average molecular weight is 1180 g/mol. The van der Waals surface area contributed by atoms with Crippen LogP contribution in [0.25, 0.3) is 53.9 Å². The molecule has 0 aliphatic heterocycles. The molecule has 25 nitrogen and oxygen atoms in total. The average Bonchev–Trinajstić information content (AvgIpc) is 3.46. The number of hydrogen-bond donors (Lipinski definition) is 7. The Morgan fingerprint density at radius 2 is 0.762 bits per heavy atom. The SMILES string of the molecule is O=S(=O)(O)c1ccc2c(N=Nc3ccc4cc(S(=O)(=O)O)c(N=Nc5ccc(N=Nc6ccc(N=Nc7cc(S(=O)(=O)O)c8cccc(S(=O)(=O)O)c8c7)c7ccccc67)c6ccc(S(=O)(=O)O)cc56)c(O)c4c3)c(O)ccc2c1. The van der Waals surface area contributed by atoms with Gasteiger partial charge >= 0.3 is 0 Å². The highest BCUT2D eigenvalue weighted by atomic mass is 32.2. The highest BCUT2D eigenvalue weighted by Gasteiger charge is 2.25. The van der Waals surface area contributed by atoms with E-state index in [1.807, 2.05) is 0 Å². The predicted octanol–water partition coefficient (Wildman–Crippen LogP) is 12.8. The summed E-state index contributed by atoms with van der Waals surface area (Å²) in [5, 5.41) is 56.9. The van der Waals surface area contributed by atoms with E-state index in [4.69, 9.17) is 0 Å². The Hall–Kier alpha value is -8.95. The lowest BCUT2D eigenvalue weighted by Crippen LogP contribution is -2.03. The van der Waals surface area contributed by atoms with E-state index in [1.54, 1.807) is 24.3 Å². The van der Waals surface area contributed by atoms with E-state index in [0.29, 0.717) is 10.8 Å². The number of benzene rings is 10. The molecule has 7 N–H and O–H groups in total. The van der Waals surface area contributed by atoms with Crippen molar-refractivity contribution in [1.29, 1.82) is 0 Å². The normalized spacial score (nSPS) is 13.2. The molecule has 0 unspecified atom stereocenters. The Bertz CT molecular complexity index is 5080. The smallest absolute Gasteiger partial charge is 0.296 e. The summed E-state index contributed by atoms with van der Waals surface area (Å²) in [5.74, 6) is -1.18. The first-order valence-electron chi connectivity index (χ1n) is 22.4. The largest absolute Gasteiger partial charge is 0.506 e. The molecular weight excluding hydrogens is 1140 g/mol. The van der Waals surface area contributed by atoms with Crippen molar-refractivity contribution in [2.45, 2.75) is 24.5 Å². The number of hydrogen-bond acceptors (Lipinski definition) is 20. The quantitative estimate of drug-likeness (QED) is 0.0416. The van der Waals surface area contributed by atoms with E-state index in [9.17, 15) is 75.1 Å². The van der Waals surface area contributed by atoms with Crippen molar-refractivity contribution in [3.05, 3.63) is 152 Å². The molecule has 80 heavy (non-hydrogen) atoms. The van der Waals surface area contributed by atoms with Crippen LogP contribution in [0.15, 0.2) is 217 Å². The molecule has 404 valence electrons. The van der Waals surface area contributed by atoms with Crippen LogP contribution in [0.2, 0.25) is 0 Å². The van der Waals surface area contributed by atoms with Gasteiger partial charge < -0.3 is 10.2 Å². The molecule has 10 rings (SSSR count). The van der Waals surface area contributed by atoms with Gasteiger partial charge in [-0.25, -0.2) is 0 Å². The van der Waals surface area contributed by atoms with E-state index >= 15 is 0 Å². The lowest BCUT2D eigenvalue weighted by atomic mass is 10.1. The number of fused-ring (bicyclic) bond motifs is 5. The van der Waals surface area contributed by atoms with Crippen LogP contribution in [0.4, 0.5) is 45.5 Å². The van der Waals surface area contributed by atoms with Gasteiger partial charge in [0.2, 0.25) is 0 Å². The van der Waals surface area contributed by atoms with Gasteiger partial charge in [-0.1, -0.05) is 60.7 Å². The molecule has 0 atom stereocenters. The van der Waals surface area contributed by atoms with Crippen LogP contribution in [0.5, 0.6) is 11.5 Å². The van der Waals surface area contributed by atoms with Gasteiger partial charge in [-0.2, -0.15) is 52.3 Å². The van der Waals surface area contributed by atoms with Crippen molar-refractivity contribution in [1.82, 2.24) is 0 Å². The van der Waals surface area contributed by atoms with Gasteiger partial charge in [0.05, 0.1) is 43.9 Å². The number of rotatable bonds is 13. The molecule has 0 aromatic heterocycles. The predicted molar refractivity (Wildman–Crippen MR) is 289 cm³/mol. The molecule has 0 heterocycles.